The molecule has 0 unspecified atom stereocenters. The average molecular weight is 262 g/mol. The minimum Gasteiger partial charge on any atom is -0.512 e. The predicted molar refractivity (Wildman–Crippen MR) is 68.5 cm³/mol. The van der Waals surface area contributed by atoms with Crippen molar-refractivity contribution in [3.63, 3.8) is 0 Å². The maximum absolute atomic E-state index is 13.3. The monoisotopic (exact) mass is 262 g/mol. The van der Waals surface area contributed by atoms with Gasteiger partial charge in [0.1, 0.15) is 23.1 Å². The molecule has 0 bridgehead atoms. The first-order valence-electron chi connectivity index (χ1n) is 5.61. The third kappa shape index (κ3) is 3.71. The number of hydrogen-bond donors (Lipinski definition) is 2. The highest BCUT2D eigenvalue weighted by Gasteiger charge is 2.10. The molecule has 2 aromatic rings. The largest absolute Gasteiger partial charge is 0.707 e. The standard InChI is InChI=1S/C13H12BFO4/c1-9-2-3-12(8-13(9)15)18-10-4-6-11(7-5-10)19-14(16)17/h2-8,16-17H,1H3. The molecule has 0 aromatic heterocycles. The molecular formula is C13H12BFO4. The lowest BCUT2D eigenvalue weighted by atomic mass is 10.2. The van der Waals surface area contributed by atoms with E-state index in [4.69, 9.17) is 14.8 Å². The predicted octanol–water partition coefficient (Wildman–Crippen LogP) is 2.27. The van der Waals surface area contributed by atoms with Gasteiger partial charge in [-0.15, -0.1) is 0 Å². The summed E-state index contributed by atoms with van der Waals surface area (Å²) in [5.41, 5.74) is 0.549. The van der Waals surface area contributed by atoms with Crippen molar-refractivity contribution in [1.29, 1.82) is 0 Å². The Labute approximate surface area is 110 Å². The molecular weight excluding hydrogens is 250 g/mol. The van der Waals surface area contributed by atoms with Gasteiger partial charge in [-0.05, 0) is 42.8 Å². The summed E-state index contributed by atoms with van der Waals surface area (Å²) in [6.07, 6.45) is 0. The lowest BCUT2D eigenvalue weighted by Gasteiger charge is -2.08. The van der Waals surface area contributed by atoms with Crippen LogP contribution < -0.4 is 9.39 Å². The van der Waals surface area contributed by atoms with Crippen LogP contribution >= 0.6 is 0 Å². The first-order valence-corrected chi connectivity index (χ1v) is 5.61. The van der Waals surface area contributed by atoms with Gasteiger partial charge < -0.3 is 19.4 Å². The van der Waals surface area contributed by atoms with Gasteiger partial charge in [0.25, 0.3) is 0 Å². The van der Waals surface area contributed by atoms with Gasteiger partial charge in [-0.1, -0.05) is 6.07 Å². The number of hydrogen-bond acceptors (Lipinski definition) is 4. The third-order valence-corrected chi connectivity index (χ3v) is 2.44. The number of aryl methyl sites for hydroxylation is 1. The summed E-state index contributed by atoms with van der Waals surface area (Å²) in [4.78, 5) is 0. The zero-order chi connectivity index (χ0) is 13.8. The highest BCUT2D eigenvalue weighted by molar-refractivity contribution is 6.33. The van der Waals surface area contributed by atoms with Crippen LogP contribution in [-0.4, -0.2) is 17.4 Å². The molecule has 0 spiro atoms. The fraction of sp³-hybridized carbons (Fsp3) is 0.0769. The molecule has 2 N–H and O–H groups in total. The van der Waals surface area contributed by atoms with Crippen molar-refractivity contribution >= 4 is 7.32 Å². The third-order valence-electron chi connectivity index (χ3n) is 2.44. The van der Waals surface area contributed by atoms with Gasteiger partial charge in [-0.2, -0.15) is 0 Å². The molecule has 0 aliphatic rings. The van der Waals surface area contributed by atoms with E-state index in [9.17, 15) is 4.39 Å². The summed E-state index contributed by atoms with van der Waals surface area (Å²) in [6.45, 7) is 1.67. The Morgan fingerprint density at radius 2 is 1.53 bits per heavy atom. The van der Waals surface area contributed by atoms with Gasteiger partial charge in [-0.3, -0.25) is 0 Å². The molecule has 2 rings (SSSR count). The lowest BCUT2D eigenvalue weighted by molar-refractivity contribution is 0.288. The zero-order valence-corrected chi connectivity index (χ0v) is 10.2. The van der Waals surface area contributed by atoms with Crippen LogP contribution in [-0.2, 0) is 0 Å². The van der Waals surface area contributed by atoms with E-state index in [0.717, 1.165) is 0 Å². The molecule has 0 heterocycles. The van der Waals surface area contributed by atoms with Crippen molar-refractivity contribution in [2.75, 3.05) is 0 Å². The summed E-state index contributed by atoms with van der Waals surface area (Å²) in [6, 6.07) is 10.8. The Bertz CT molecular complexity index is 557. The van der Waals surface area contributed by atoms with Crippen molar-refractivity contribution < 1.29 is 23.8 Å². The topological polar surface area (TPSA) is 58.9 Å². The van der Waals surface area contributed by atoms with Crippen LogP contribution in [0.2, 0.25) is 0 Å². The van der Waals surface area contributed by atoms with E-state index in [0.29, 0.717) is 17.1 Å². The Kier molecular flexibility index (Phi) is 4.04. The van der Waals surface area contributed by atoms with Gasteiger partial charge >= 0.3 is 7.32 Å². The van der Waals surface area contributed by atoms with Gasteiger partial charge in [0.15, 0.2) is 0 Å². The number of ether oxygens (including phenoxy) is 1. The molecule has 0 saturated heterocycles. The van der Waals surface area contributed by atoms with Crippen LogP contribution in [0.1, 0.15) is 5.56 Å². The fourth-order valence-electron chi connectivity index (χ4n) is 1.48. The molecule has 0 saturated carbocycles. The summed E-state index contributed by atoms with van der Waals surface area (Å²) in [5, 5.41) is 17.3. The first kappa shape index (κ1) is 13.4. The van der Waals surface area contributed by atoms with Crippen LogP contribution in [0, 0.1) is 12.7 Å². The van der Waals surface area contributed by atoms with Crippen LogP contribution in [0.4, 0.5) is 4.39 Å². The fourth-order valence-corrected chi connectivity index (χ4v) is 1.48. The second-order valence-electron chi connectivity index (χ2n) is 3.93. The van der Waals surface area contributed by atoms with Gasteiger partial charge in [-0.25, -0.2) is 4.39 Å². The highest BCUT2D eigenvalue weighted by atomic mass is 19.1. The van der Waals surface area contributed by atoms with Gasteiger partial charge in [0.05, 0.1) is 0 Å². The normalized spacial score (nSPS) is 10.1. The molecule has 0 amide bonds. The Morgan fingerprint density at radius 3 is 2.11 bits per heavy atom. The summed E-state index contributed by atoms with van der Waals surface area (Å²) >= 11 is 0. The quantitative estimate of drug-likeness (QED) is 0.830. The summed E-state index contributed by atoms with van der Waals surface area (Å²) in [7, 11) is -1.86. The second-order valence-corrected chi connectivity index (χ2v) is 3.93. The zero-order valence-electron chi connectivity index (χ0n) is 10.2. The van der Waals surface area contributed by atoms with Crippen molar-refractivity contribution in [2.45, 2.75) is 6.92 Å². The van der Waals surface area contributed by atoms with Gasteiger partial charge in [0.2, 0.25) is 0 Å². The van der Waals surface area contributed by atoms with Crippen molar-refractivity contribution in [3.8, 4) is 17.2 Å². The summed E-state index contributed by atoms with van der Waals surface area (Å²) in [5.74, 6) is 0.834. The molecule has 0 radical (unpaired) electrons. The van der Waals surface area contributed by atoms with Crippen molar-refractivity contribution in [1.82, 2.24) is 0 Å². The lowest BCUT2D eigenvalue weighted by Crippen LogP contribution is -2.20. The van der Waals surface area contributed by atoms with Crippen molar-refractivity contribution in [3.05, 3.63) is 53.8 Å². The number of benzene rings is 2. The van der Waals surface area contributed by atoms with E-state index in [-0.39, 0.29) is 11.6 Å². The number of halogens is 1. The SMILES string of the molecule is Cc1ccc(Oc2ccc(OB(O)O)cc2)cc1F. The van der Waals surface area contributed by atoms with Crippen LogP contribution in [0.25, 0.3) is 0 Å². The summed E-state index contributed by atoms with van der Waals surface area (Å²) < 4.78 is 23.4. The van der Waals surface area contributed by atoms with E-state index in [2.05, 4.69) is 4.65 Å². The molecule has 0 aliphatic heterocycles. The number of rotatable bonds is 4. The second kappa shape index (κ2) is 5.73. The van der Waals surface area contributed by atoms with Crippen LogP contribution in [0.5, 0.6) is 17.2 Å². The molecule has 2 aromatic carbocycles. The smallest absolute Gasteiger partial charge is 0.512 e. The Balaban J connectivity index is 2.08. The average Bonchev–Trinajstić information content (AvgIpc) is 2.36. The minimum atomic E-state index is -1.86. The van der Waals surface area contributed by atoms with Crippen molar-refractivity contribution in [2.24, 2.45) is 0 Å². The van der Waals surface area contributed by atoms with Crippen LogP contribution in [0.15, 0.2) is 42.5 Å². The molecule has 0 aliphatic carbocycles. The van der Waals surface area contributed by atoms with E-state index < -0.39 is 7.32 Å². The molecule has 6 heteroatoms. The van der Waals surface area contributed by atoms with E-state index in [1.807, 2.05) is 0 Å². The molecule has 0 fully saturated rings. The minimum absolute atomic E-state index is 0.289. The first-order chi connectivity index (χ1) is 9.04. The maximum atomic E-state index is 13.3. The molecule has 0 atom stereocenters. The highest BCUT2D eigenvalue weighted by Crippen LogP contribution is 2.25. The Hall–Kier alpha value is -2.05. The van der Waals surface area contributed by atoms with E-state index in [1.54, 1.807) is 31.2 Å². The molecule has 98 valence electrons. The van der Waals surface area contributed by atoms with Gasteiger partial charge in [0, 0.05) is 6.07 Å². The van der Waals surface area contributed by atoms with Crippen LogP contribution in [0.3, 0.4) is 0 Å². The molecule has 19 heavy (non-hydrogen) atoms. The maximum Gasteiger partial charge on any atom is 0.707 e. The Morgan fingerprint density at radius 1 is 0.947 bits per heavy atom. The van der Waals surface area contributed by atoms with E-state index in [1.165, 1.54) is 18.2 Å². The van der Waals surface area contributed by atoms with E-state index >= 15 is 0 Å². The molecule has 4 nitrogen and oxygen atoms in total.